The summed E-state index contributed by atoms with van der Waals surface area (Å²) in [5, 5.41) is 4.57. The molecule has 2 aliphatic rings. The molecule has 1 saturated heterocycles. The monoisotopic (exact) mass is 387 g/mol. The number of fused-ring (bicyclic) bond motifs is 1. The Balaban J connectivity index is 1.92. The summed E-state index contributed by atoms with van der Waals surface area (Å²) in [7, 11) is -7.41. The van der Waals surface area contributed by atoms with Gasteiger partial charge in [0.2, 0.25) is 20.0 Å². The minimum absolute atomic E-state index is 0.166. The average Bonchev–Trinajstić information content (AvgIpc) is 2.53. The van der Waals surface area contributed by atoms with Crippen molar-refractivity contribution >= 4 is 26.1 Å². The van der Waals surface area contributed by atoms with Gasteiger partial charge in [-0.2, -0.15) is 0 Å². The maximum Gasteiger partial charge on any atom is 0.299 e. The fourth-order valence-electron chi connectivity index (χ4n) is 3.22. The van der Waals surface area contributed by atoms with Crippen LogP contribution >= 0.6 is 0 Å². The lowest BCUT2D eigenvalue weighted by molar-refractivity contribution is 0.131. The number of nitrogens with one attached hydrogen (secondary N) is 1. The number of primary sulfonamides is 1. The normalized spacial score (nSPS) is 28.4. The van der Waals surface area contributed by atoms with E-state index in [2.05, 4.69) is 9.71 Å². The van der Waals surface area contributed by atoms with Gasteiger partial charge in [-0.25, -0.2) is 31.7 Å². The summed E-state index contributed by atoms with van der Waals surface area (Å²) in [4.78, 5) is 4.22. The molecule has 0 spiro atoms. The zero-order valence-corrected chi connectivity index (χ0v) is 15.2. The molecule has 0 amide bonds. The number of sulfonamides is 2. The van der Waals surface area contributed by atoms with Gasteiger partial charge in [-0.05, 0) is 24.8 Å². The maximum absolute atomic E-state index is 12.4. The Bertz CT molecular complexity index is 852. The predicted octanol–water partition coefficient (Wildman–Crippen LogP) is 0.633. The van der Waals surface area contributed by atoms with Crippen molar-refractivity contribution in [1.82, 2.24) is 4.72 Å². The number of ether oxygens (including phenoxy) is 1. The smallest absolute Gasteiger partial charge is 0.299 e. The van der Waals surface area contributed by atoms with Gasteiger partial charge in [0, 0.05) is 0 Å². The van der Waals surface area contributed by atoms with E-state index >= 15 is 0 Å². The molecule has 1 aliphatic carbocycles. The Kier molecular flexibility index (Phi) is 5.03. The summed E-state index contributed by atoms with van der Waals surface area (Å²) < 4.78 is 56.0. The Labute approximate surface area is 147 Å². The van der Waals surface area contributed by atoms with Crippen LogP contribution in [0.1, 0.15) is 37.3 Å². The second kappa shape index (κ2) is 6.93. The van der Waals surface area contributed by atoms with Gasteiger partial charge in [-0.3, -0.25) is 0 Å². The Morgan fingerprint density at radius 3 is 2.60 bits per heavy atom. The van der Waals surface area contributed by atoms with Crippen molar-refractivity contribution in [2.45, 2.75) is 43.1 Å². The van der Waals surface area contributed by atoms with Crippen LogP contribution in [0.5, 0.6) is 0 Å². The number of rotatable bonds is 4. The third-order valence-corrected chi connectivity index (χ3v) is 6.96. The van der Waals surface area contributed by atoms with Crippen molar-refractivity contribution < 1.29 is 21.6 Å². The number of nitrogens with zero attached hydrogens (tertiary/aromatic N) is 1. The number of amidine groups is 1. The molecule has 0 bridgehead atoms. The molecule has 0 radical (unpaired) electrons. The van der Waals surface area contributed by atoms with Crippen molar-refractivity contribution in [1.29, 1.82) is 0 Å². The molecule has 3 atom stereocenters. The summed E-state index contributed by atoms with van der Waals surface area (Å²) in [5.41, 5.74) is 0.609. The summed E-state index contributed by atoms with van der Waals surface area (Å²) in [6.07, 6.45) is 2.46. The molecule has 138 valence electrons. The first kappa shape index (κ1) is 18.2. The van der Waals surface area contributed by atoms with Gasteiger partial charge < -0.3 is 4.74 Å². The summed E-state index contributed by atoms with van der Waals surface area (Å²) in [5.74, 6) is -0.445. The SMILES string of the molecule is NS(=O)(=O)C[C@H](N=C1NS(=O)(=O)[C@@H]2CCCC[C@@H]2O1)c1ccccc1. The minimum atomic E-state index is -3.81. The van der Waals surface area contributed by atoms with E-state index in [0.29, 0.717) is 18.4 Å². The highest BCUT2D eigenvalue weighted by Gasteiger charge is 2.42. The summed E-state index contributed by atoms with van der Waals surface area (Å²) in [6, 6.07) is 7.68. The molecule has 2 fully saturated rings. The molecular formula is C15H21N3O5S2. The molecule has 1 aliphatic heterocycles. The molecule has 8 nitrogen and oxygen atoms in total. The minimum Gasteiger partial charge on any atom is -0.460 e. The topological polar surface area (TPSA) is 128 Å². The lowest BCUT2D eigenvalue weighted by atomic mass is 9.97. The van der Waals surface area contributed by atoms with E-state index in [9.17, 15) is 16.8 Å². The Morgan fingerprint density at radius 2 is 1.92 bits per heavy atom. The highest BCUT2D eigenvalue weighted by molar-refractivity contribution is 7.90. The molecule has 0 unspecified atom stereocenters. The number of benzene rings is 1. The van der Waals surface area contributed by atoms with Crippen molar-refractivity contribution in [2.24, 2.45) is 10.1 Å². The number of hydrogen-bond acceptors (Lipinski definition) is 6. The molecule has 10 heteroatoms. The fourth-order valence-corrected chi connectivity index (χ4v) is 5.49. The zero-order chi connectivity index (χ0) is 18.1. The third kappa shape index (κ3) is 4.50. The van der Waals surface area contributed by atoms with Gasteiger partial charge in [0.1, 0.15) is 11.4 Å². The molecule has 0 aromatic heterocycles. The molecule has 1 heterocycles. The number of nitrogens with two attached hydrogens (primary N) is 1. The first-order valence-electron chi connectivity index (χ1n) is 8.06. The van der Waals surface area contributed by atoms with E-state index in [1.807, 2.05) is 0 Å². The van der Waals surface area contributed by atoms with E-state index < -0.39 is 43.2 Å². The van der Waals surface area contributed by atoms with Crippen LogP contribution in [0.2, 0.25) is 0 Å². The van der Waals surface area contributed by atoms with E-state index in [4.69, 9.17) is 9.88 Å². The molecular weight excluding hydrogens is 366 g/mol. The van der Waals surface area contributed by atoms with Crippen molar-refractivity contribution in [3.05, 3.63) is 35.9 Å². The number of aliphatic imine (C=N–C) groups is 1. The molecule has 3 rings (SSSR count). The van der Waals surface area contributed by atoms with Crippen LogP contribution in [0.4, 0.5) is 0 Å². The first-order valence-corrected chi connectivity index (χ1v) is 11.3. The van der Waals surface area contributed by atoms with Crippen molar-refractivity contribution in [3.8, 4) is 0 Å². The Morgan fingerprint density at radius 1 is 1.24 bits per heavy atom. The summed E-state index contributed by atoms with van der Waals surface area (Å²) in [6.45, 7) is 0. The van der Waals surface area contributed by atoms with E-state index in [-0.39, 0.29) is 6.02 Å². The van der Waals surface area contributed by atoms with Crippen molar-refractivity contribution in [3.63, 3.8) is 0 Å². The molecule has 1 aromatic carbocycles. The van der Waals surface area contributed by atoms with Gasteiger partial charge in [0.05, 0.1) is 11.8 Å². The van der Waals surface area contributed by atoms with Crippen LogP contribution in [0.3, 0.4) is 0 Å². The zero-order valence-electron chi connectivity index (χ0n) is 13.5. The first-order chi connectivity index (χ1) is 11.7. The Hall–Kier alpha value is -1.65. The van der Waals surface area contributed by atoms with Crippen LogP contribution < -0.4 is 9.86 Å². The van der Waals surface area contributed by atoms with E-state index in [1.54, 1.807) is 30.3 Å². The van der Waals surface area contributed by atoms with Crippen LogP contribution in [0, 0.1) is 0 Å². The highest BCUT2D eigenvalue weighted by atomic mass is 32.2. The van der Waals surface area contributed by atoms with Crippen LogP contribution in [-0.4, -0.2) is 40.0 Å². The van der Waals surface area contributed by atoms with E-state index in [0.717, 1.165) is 12.8 Å². The third-order valence-electron chi connectivity index (χ3n) is 4.38. The quantitative estimate of drug-likeness (QED) is 0.783. The highest BCUT2D eigenvalue weighted by Crippen LogP contribution is 2.30. The predicted molar refractivity (Wildman–Crippen MR) is 93.8 cm³/mol. The van der Waals surface area contributed by atoms with Gasteiger partial charge >= 0.3 is 0 Å². The molecule has 3 N–H and O–H groups in total. The molecule has 25 heavy (non-hydrogen) atoms. The van der Waals surface area contributed by atoms with Gasteiger partial charge in [0.25, 0.3) is 6.02 Å². The van der Waals surface area contributed by atoms with Crippen molar-refractivity contribution in [2.75, 3.05) is 5.75 Å². The number of hydrogen-bond donors (Lipinski definition) is 2. The second-order valence-corrected chi connectivity index (χ2v) is 9.88. The van der Waals surface area contributed by atoms with Crippen LogP contribution in [-0.2, 0) is 24.8 Å². The molecule has 1 aromatic rings. The standard InChI is InChI=1S/C15H21N3O5S2/c16-24(19,20)10-12(11-6-2-1-3-7-11)17-15-18-25(21,22)14-9-5-4-8-13(14)23-15/h1-3,6-7,12-14H,4-5,8-10H2,(H,17,18)(H2,16,19,20)/t12-,13-,14+/m0/s1. The van der Waals surface area contributed by atoms with Gasteiger partial charge in [-0.1, -0.05) is 36.8 Å². The largest absolute Gasteiger partial charge is 0.460 e. The fraction of sp³-hybridized carbons (Fsp3) is 0.533. The van der Waals surface area contributed by atoms with Crippen LogP contribution in [0.25, 0.3) is 0 Å². The lowest BCUT2D eigenvalue weighted by Crippen LogP contribution is -2.54. The second-order valence-electron chi connectivity index (χ2n) is 6.32. The summed E-state index contributed by atoms with van der Waals surface area (Å²) >= 11 is 0. The lowest BCUT2D eigenvalue weighted by Gasteiger charge is -2.36. The average molecular weight is 387 g/mol. The maximum atomic E-state index is 12.4. The van der Waals surface area contributed by atoms with Crippen LogP contribution in [0.15, 0.2) is 35.3 Å². The molecule has 1 saturated carbocycles. The van der Waals surface area contributed by atoms with E-state index in [1.165, 1.54) is 0 Å². The van der Waals surface area contributed by atoms with Gasteiger partial charge in [-0.15, -0.1) is 0 Å². The van der Waals surface area contributed by atoms with Gasteiger partial charge in [0.15, 0.2) is 0 Å².